The lowest BCUT2D eigenvalue weighted by Crippen LogP contribution is -2.16. The lowest BCUT2D eigenvalue weighted by molar-refractivity contribution is -0.132. The molecular weight excluding hydrogens is 356 g/mol. The van der Waals surface area contributed by atoms with E-state index in [9.17, 15) is 9.59 Å². The summed E-state index contributed by atoms with van der Waals surface area (Å²) in [4.78, 5) is 26.6. The molecular formula is C22H28N2O4. The molecule has 0 unspecified atom stereocenters. The Hall–Kier alpha value is -3.02. The molecule has 1 aromatic carbocycles. The lowest BCUT2D eigenvalue weighted by atomic mass is 10.1. The second-order valence-electron chi connectivity index (χ2n) is 6.90. The Morgan fingerprint density at radius 2 is 1.89 bits per heavy atom. The highest BCUT2D eigenvalue weighted by molar-refractivity contribution is 5.90. The van der Waals surface area contributed by atoms with E-state index >= 15 is 0 Å². The Balaban J connectivity index is 2.33. The number of carbonyl (C=O) groups is 1. The standard InChI is InChI=1S/C22H28N2O4/c1-14(2)7-6-8-15(3)11-12-27-20-18-10-9-17(23-5)13-19(18)24-22(26)21(20)28-16(4)25/h7,9-11,13,23H,6,8,12H2,1-5H3,(H,24,26). The SMILES string of the molecule is CNc1ccc2c(OCC=C(C)CCC=C(C)C)c(OC(C)=O)c(=O)[nH]c2c1. The summed E-state index contributed by atoms with van der Waals surface area (Å²) in [5.74, 6) is -0.423. The van der Waals surface area contributed by atoms with Crippen molar-refractivity contribution in [3.8, 4) is 11.5 Å². The van der Waals surface area contributed by atoms with Crippen LogP contribution in [0.4, 0.5) is 5.69 Å². The van der Waals surface area contributed by atoms with Crippen molar-refractivity contribution in [2.75, 3.05) is 19.0 Å². The molecule has 0 radical (unpaired) electrons. The molecule has 0 amide bonds. The van der Waals surface area contributed by atoms with Gasteiger partial charge in [0, 0.05) is 25.0 Å². The molecule has 0 spiro atoms. The molecule has 2 N–H and O–H groups in total. The molecule has 6 heteroatoms. The number of esters is 1. The van der Waals surface area contributed by atoms with Gasteiger partial charge in [-0.1, -0.05) is 17.2 Å². The minimum atomic E-state index is -0.574. The van der Waals surface area contributed by atoms with Crippen LogP contribution in [-0.4, -0.2) is 24.6 Å². The first-order valence-electron chi connectivity index (χ1n) is 9.29. The summed E-state index contributed by atoms with van der Waals surface area (Å²) in [7, 11) is 1.80. The van der Waals surface area contributed by atoms with E-state index in [-0.39, 0.29) is 18.1 Å². The van der Waals surface area contributed by atoms with Gasteiger partial charge in [-0.05, 0) is 57.9 Å². The van der Waals surface area contributed by atoms with Gasteiger partial charge in [0.15, 0.2) is 5.75 Å². The van der Waals surface area contributed by atoms with Gasteiger partial charge in [-0.25, -0.2) is 0 Å². The number of hydrogen-bond donors (Lipinski definition) is 2. The molecule has 0 saturated heterocycles. The number of rotatable bonds is 8. The van der Waals surface area contributed by atoms with Crippen LogP contribution in [0.2, 0.25) is 0 Å². The van der Waals surface area contributed by atoms with E-state index in [4.69, 9.17) is 9.47 Å². The maximum atomic E-state index is 12.4. The number of aromatic nitrogens is 1. The summed E-state index contributed by atoms with van der Waals surface area (Å²) in [5, 5.41) is 3.70. The van der Waals surface area contributed by atoms with Crippen molar-refractivity contribution in [3.05, 3.63) is 51.9 Å². The maximum absolute atomic E-state index is 12.4. The number of pyridine rings is 1. The fourth-order valence-electron chi connectivity index (χ4n) is 2.74. The summed E-state index contributed by atoms with van der Waals surface area (Å²) < 4.78 is 11.0. The smallest absolute Gasteiger partial charge is 0.308 e. The normalized spacial score (nSPS) is 11.2. The van der Waals surface area contributed by atoms with E-state index in [2.05, 4.69) is 30.2 Å². The number of hydrogen-bond acceptors (Lipinski definition) is 5. The summed E-state index contributed by atoms with van der Waals surface area (Å²) in [6.45, 7) is 7.74. The number of carbonyl (C=O) groups excluding carboxylic acids is 1. The van der Waals surface area contributed by atoms with Crippen molar-refractivity contribution in [3.63, 3.8) is 0 Å². The fraction of sp³-hybridized carbons (Fsp3) is 0.364. The van der Waals surface area contributed by atoms with Crippen molar-refractivity contribution >= 4 is 22.6 Å². The average molecular weight is 384 g/mol. The van der Waals surface area contributed by atoms with Gasteiger partial charge >= 0.3 is 5.97 Å². The van der Waals surface area contributed by atoms with Crippen molar-refractivity contribution in [1.29, 1.82) is 0 Å². The fourth-order valence-corrected chi connectivity index (χ4v) is 2.74. The molecule has 0 fully saturated rings. The number of ether oxygens (including phenoxy) is 2. The van der Waals surface area contributed by atoms with Crippen molar-refractivity contribution < 1.29 is 14.3 Å². The summed E-state index contributed by atoms with van der Waals surface area (Å²) in [6.07, 6.45) is 6.09. The first kappa shape index (κ1) is 21.3. The van der Waals surface area contributed by atoms with E-state index in [1.54, 1.807) is 7.05 Å². The second-order valence-corrected chi connectivity index (χ2v) is 6.90. The minimum Gasteiger partial charge on any atom is -0.485 e. The molecule has 1 heterocycles. The topological polar surface area (TPSA) is 80.4 Å². The molecule has 28 heavy (non-hydrogen) atoms. The van der Waals surface area contributed by atoms with Crippen LogP contribution in [0.3, 0.4) is 0 Å². The zero-order valence-electron chi connectivity index (χ0n) is 17.1. The van der Waals surface area contributed by atoms with E-state index in [1.165, 1.54) is 18.1 Å². The molecule has 0 atom stereocenters. The molecule has 150 valence electrons. The van der Waals surface area contributed by atoms with Crippen LogP contribution in [0.5, 0.6) is 11.5 Å². The zero-order valence-corrected chi connectivity index (χ0v) is 17.1. The molecule has 1 aromatic heterocycles. The van der Waals surface area contributed by atoms with Crippen LogP contribution in [0.15, 0.2) is 46.3 Å². The van der Waals surface area contributed by atoms with E-state index in [1.807, 2.05) is 31.2 Å². The van der Waals surface area contributed by atoms with Gasteiger partial charge in [0.25, 0.3) is 5.56 Å². The predicted molar refractivity (Wildman–Crippen MR) is 113 cm³/mol. The largest absolute Gasteiger partial charge is 0.485 e. The van der Waals surface area contributed by atoms with Gasteiger partial charge in [-0.2, -0.15) is 0 Å². The predicted octanol–water partition coefficient (Wildman–Crippen LogP) is 4.57. The van der Waals surface area contributed by atoms with Crippen molar-refractivity contribution in [1.82, 2.24) is 4.98 Å². The monoisotopic (exact) mass is 384 g/mol. The van der Waals surface area contributed by atoms with Gasteiger partial charge in [-0.3, -0.25) is 9.59 Å². The van der Waals surface area contributed by atoms with Gasteiger partial charge in [-0.15, -0.1) is 0 Å². The number of anilines is 1. The van der Waals surface area contributed by atoms with E-state index in [0.29, 0.717) is 10.9 Å². The summed E-state index contributed by atoms with van der Waals surface area (Å²) >= 11 is 0. The van der Waals surface area contributed by atoms with Gasteiger partial charge in [0.2, 0.25) is 5.75 Å². The van der Waals surface area contributed by atoms with E-state index in [0.717, 1.165) is 18.5 Å². The zero-order chi connectivity index (χ0) is 20.7. The molecule has 2 rings (SSSR count). The number of fused-ring (bicyclic) bond motifs is 1. The minimum absolute atomic E-state index is 0.118. The Bertz CT molecular complexity index is 966. The number of allylic oxidation sites excluding steroid dienone is 3. The van der Waals surface area contributed by atoms with E-state index < -0.39 is 11.5 Å². The summed E-state index contributed by atoms with van der Waals surface area (Å²) in [5.41, 5.74) is 3.44. The Morgan fingerprint density at radius 1 is 1.14 bits per heavy atom. The Labute approximate surface area is 165 Å². The van der Waals surface area contributed by atoms with Crippen LogP contribution in [-0.2, 0) is 4.79 Å². The Kier molecular flexibility index (Phi) is 7.44. The lowest BCUT2D eigenvalue weighted by Gasteiger charge is -2.13. The highest BCUT2D eigenvalue weighted by atomic mass is 16.6. The maximum Gasteiger partial charge on any atom is 0.308 e. The number of benzene rings is 1. The highest BCUT2D eigenvalue weighted by Gasteiger charge is 2.17. The second kappa shape index (κ2) is 9.78. The molecule has 0 aliphatic carbocycles. The third-order valence-corrected chi connectivity index (χ3v) is 4.21. The van der Waals surface area contributed by atoms with Crippen LogP contribution in [0, 0.1) is 0 Å². The third kappa shape index (κ3) is 5.74. The molecule has 6 nitrogen and oxygen atoms in total. The molecule has 2 aromatic rings. The number of nitrogens with one attached hydrogen (secondary N) is 2. The molecule has 0 saturated carbocycles. The Morgan fingerprint density at radius 3 is 2.54 bits per heavy atom. The van der Waals surface area contributed by atoms with Gasteiger partial charge in [0.1, 0.15) is 6.61 Å². The molecule has 0 bridgehead atoms. The van der Waals surface area contributed by atoms with Crippen LogP contribution < -0.4 is 20.3 Å². The average Bonchev–Trinajstić information content (AvgIpc) is 2.63. The molecule has 0 aliphatic heterocycles. The van der Waals surface area contributed by atoms with Crippen LogP contribution >= 0.6 is 0 Å². The van der Waals surface area contributed by atoms with Crippen LogP contribution in [0.25, 0.3) is 10.9 Å². The first-order valence-corrected chi connectivity index (χ1v) is 9.29. The number of aromatic amines is 1. The van der Waals surface area contributed by atoms with Crippen molar-refractivity contribution in [2.24, 2.45) is 0 Å². The molecule has 0 aliphatic rings. The quantitative estimate of drug-likeness (QED) is 0.515. The van der Waals surface area contributed by atoms with Gasteiger partial charge in [0.05, 0.1) is 5.52 Å². The first-order chi connectivity index (χ1) is 13.3. The highest BCUT2D eigenvalue weighted by Crippen LogP contribution is 2.33. The third-order valence-electron chi connectivity index (χ3n) is 4.21. The number of H-pyrrole nitrogens is 1. The van der Waals surface area contributed by atoms with Gasteiger partial charge < -0.3 is 19.8 Å². The van der Waals surface area contributed by atoms with Crippen molar-refractivity contribution in [2.45, 2.75) is 40.5 Å². The van der Waals surface area contributed by atoms with Crippen LogP contribution in [0.1, 0.15) is 40.5 Å². The summed E-state index contributed by atoms with van der Waals surface area (Å²) in [6, 6.07) is 5.50.